The van der Waals surface area contributed by atoms with Crippen LogP contribution >= 0.6 is 23.2 Å². The third-order valence-corrected chi connectivity index (χ3v) is 8.51. The number of hydrogen-bond acceptors (Lipinski definition) is 13. The lowest BCUT2D eigenvalue weighted by atomic mass is 9.97. The minimum absolute atomic E-state index is 0.0607. The number of benzene rings is 2. The Labute approximate surface area is 308 Å². The van der Waals surface area contributed by atoms with Gasteiger partial charge >= 0.3 is 0 Å². The molecular formula is C33H52Cl2N12O4. The minimum atomic E-state index is -1.15. The second-order valence-electron chi connectivity index (χ2n) is 12.4. The maximum Gasteiger partial charge on any atom is 0.239 e. The van der Waals surface area contributed by atoms with Crippen molar-refractivity contribution in [3.05, 3.63) is 69.2 Å². The first-order valence-electron chi connectivity index (χ1n) is 16.6. The molecule has 17 N–H and O–H groups in total. The Morgan fingerprint density at radius 1 is 0.765 bits per heavy atom. The Bertz CT molecular complexity index is 1460. The molecule has 0 aliphatic heterocycles. The SMILES string of the molecule is CC(C)[C@H](NN[C@@H](CCCNC(N)N)C(=O)NCc1ccc(C(=N)N)cc1)C(=O)N[C@@H](CCCNC(N)N)C(=O)C(=O)Cc1ccc(Cl)c(Cl)c1. The van der Waals surface area contributed by atoms with Crippen LogP contribution in [0, 0.1) is 11.3 Å². The van der Waals surface area contributed by atoms with Crippen molar-refractivity contribution < 1.29 is 19.2 Å². The van der Waals surface area contributed by atoms with Crippen molar-refractivity contribution >= 4 is 52.4 Å². The van der Waals surface area contributed by atoms with E-state index in [0.29, 0.717) is 48.5 Å². The van der Waals surface area contributed by atoms with E-state index < -0.39 is 48.2 Å². The van der Waals surface area contributed by atoms with E-state index in [-0.39, 0.29) is 42.1 Å². The zero-order valence-corrected chi connectivity index (χ0v) is 30.4. The molecule has 18 heteroatoms. The van der Waals surface area contributed by atoms with E-state index in [1.165, 1.54) is 12.1 Å². The van der Waals surface area contributed by atoms with Crippen LogP contribution in [0.15, 0.2) is 42.5 Å². The van der Waals surface area contributed by atoms with Gasteiger partial charge in [0.05, 0.1) is 22.1 Å². The molecule has 51 heavy (non-hydrogen) atoms. The van der Waals surface area contributed by atoms with Gasteiger partial charge in [0.2, 0.25) is 23.4 Å². The van der Waals surface area contributed by atoms with Crippen LogP contribution in [0.1, 0.15) is 56.2 Å². The summed E-state index contributed by atoms with van der Waals surface area (Å²) in [6.45, 7) is 4.58. The average Bonchev–Trinajstić information content (AvgIpc) is 3.07. The van der Waals surface area contributed by atoms with Gasteiger partial charge in [-0.25, -0.2) is 10.9 Å². The number of ketones is 2. The minimum Gasteiger partial charge on any atom is -0.384 e. The quantitative estimate of drug-likeness (QED) is 0.0159. The van der Waals surface area contributed by atoms with Crippen molar-refractivity contribution in [3.8, 4) is 0 Å². The zero-order chi connectivity index (χ0) is 38.1. The van der Waals surface area contributed by atoms with E-state index in [9.17, 15) is 19.2 Å². The Kier molecular flexibility index (Phi) is 19.2. The number of nitrogen functional groups attached to an aromatic ring is 1. The number of amides is 2. The van der Waals surface area contributed by atoms with Crippen molar-refractivity contribution in [3.63, 3.8) is 0 Å². The van der Waals surface area contributed by atoms with Gasteiger partial charge in [0, 0.05) is 18.5 Å². The molecule has 2 aromatic rings. The molecule has 2 amide bonds. The highest BCUT2D eigenvalue weighted by Crippen LogP contribution is 2.23. The fraction of sp³-hybridized carbons (Fsp3) is 0.485. The van der Waals surface area contributed by atoms with E-state index >= 15 is 0 Å². The predicted molar refractivity (Wildman–Crippen MR) is 199 cm³/mol. The van der Waals surface area contributed by atoms with Gasteiger partial charge in [0.25, 0.3) is 0 Å². The van der Waals surface area contributed by atoms with Gasteiger partial charge in [-0.1, -0.05) is 67.4 Å². The summed E-state index contributed by atoms with van der Waals surface area (Å²) >= 11 is 12.1. The Morgan fingerprint density at radius 3 is 1.86 bits per heavy atom. The first kappa shape index (κ1) is 43.6. The first-order chi connectivity index (χ1) is 24.1. The third kappa shape index (κ3) is 16.1. The predicted octanol–water partition coefficient (Wildman–Crippen LogP) is -0.612. The number of hydrogen-bond donors (Lipinski definition) is 12. The highest BCUT2D eigenvalue weighted by Gasteiger charge is 2.31. The number of carbonyl (C=O) groups excluding carboxylic acids is 4. The van der Waals surface area contributed by atoms with E-state index in [1.807, 2.05) is 0 Å². The number of nitrogens with two attached hydrogens (primary N) is 5. The molecular weight excluding hydrogens is 699 g/mol. The molecule has 2 rings (SSSR count). The van der Waals surface area contributed by atoms with Crippen LogP contribution in [0.4, 0.5) is 0 Å². The summed E-state index contributed by atoms with van der Waals surface area (Å²) in [6, 6.07) is 8.70. The molecule has 16 nitrogen and oxygen atoms in total. The van der Waals surface area contributed by atoms with Crippen LogP contribution in [0.25, 0.3) is 0 Å². The maximum atomic E-state index is 13.7. The maximum absolute atomic E-state index is 13.7. The summed E-state index contributed by atoms with van der Waals surface area (Å²) < 4.78 is 0. The molecule has 3 atom stereocenters. The van der Waals surface area contributed by atoms with Crippen molar-refractivity contribution in [2.24, 2.45) is 34.6 Å². The Morgan fingerprint density at radius 2 is 1.33 bits per heavy atom. The fourth-order valence-electron chi connectivity index (χ4n) is 4.91. The molecule has 0 aliphatic carbocycles. The van der Waals surface area contributed by atoms with E-state index in [1.54, 1.807) is 44.2 Å². The number of rotatable bonds is 24. The molecule has 2 aromatic carbocycles. The first-order valence-corrected chi connectivity index (χ1v) is 17.4. The van der Waals surface area contributed by atoms with Crippen molar-refractivity contribution in [2.45, 2.75) is 83.2 Å². The summed E-state index contributed by atoms with van der Waals surface area (Å²) in [5.74, 6) is -2.76. The molecule has 0 radical (unpaired) electrons. The number of carbonyl (C=O) groups is 4. The Hall–Kier alpha value is -3.55. The number of amidine groups is 1. The third-order valence-electron chi connectivity index (χ3n) is 7.77. The van der Waals surface area contributed by atoms with Crippen LogP contribution in [0.5, 0.6) is 0 Å². The summed E-state index contributed by atoms with van der Waals surface area (Å²) in [5.41, 5.74) is 35.6. The molecule has 0 heterocycles. The Balaban J connectivity index is 2.16. The number of halogens is 2. The second-order valence-corrected chi connectivity index (χ2v) is 13.2. The van der Waals surface area contributed by atoms with E-state index in [4.69, 9.17) is 57.3 Å². The molecule has 0 aromatic heterocycles. The molecule has 0 saturated heterocycles. The molecule has 0 aliphatic rings. The molecule has 0 spiro atoms. The van der Waals surface area contributed by atoms with E-state index in [2.05, 4.69) is 32.1 Å². The van der Waals surface area contributed by atoms with Crippen LogP contribution < -0.4 is 60.8 Å². The summed E-state index contributed by atoms with van der Waals surface area (Å²) in [7, 11) is 0. The zero-order valence-electron chi connectivity index (χ0n) is 28.9. The second kappa shape index (κ2) is 22.4. The van der Waals surface area contributed by atoms with Crippen molar-refractivity contribution in [2.75, 3.05) is 13.1 Å². The van der Waals surface area contributed by atoms with Gasteiger partial charge in [0.15, 0.2) is 0 Å². The standard InChI is InChI=1S/C33H52Cl2N12O4/c1-18(2)27(47-46-25(6-4-14-43-33(40)41)30(50)44-17-19-7-10-21(11-8-19)29(36)37)31(51)45-24(5-3-13-42-32(38)39)28(49)26(48)16-20-9-12-22(34)23(35)15-20/h7-12,15,18,24-25,27,32-33,42-43,46-47H,3-6,13-14,16-17,38-41H2,1-2H3,(H3,36,37)(H,44,50)(H,45,51)/t24-,25-,27-/m0/s1. The topological polar surface area (TPSA) is 294 Å². The summed E-state index contributed by atoms with van der Waals surface area (Å²) in [6.07, 6.45) is -0.362. The molecule has 282 valence electrons. The smallest absolute Gasteiger partial charge is 0.239 e. The number of Topliss-reactive ketones (excluding diaryl/α,β-unsaturated/α-hetero) is 2. The molecule has 0 fully saturated rings. The lowest BCUT2D eigenvalue weighted by Gasteiger charge is -2.28. The van der Waals surface area contributed by atoms with Crippen LogP contribution in [0.2, 0.25) is 10.0 Å². The lowest BCUT2D eigenvalue weighted by Crippen LogP contribution is -2.60. The number of nitrogens with one attached hydrogen (secondary N) is 7. The highest BCUT2D eigenvalue weighted by molar-refractivity contribution is 6.42. The number of hydrazine groups is 1. The average molecular weight is 752 g/mol. The highest BCUT2D eigenvalue weighted by atomic mass is 35.5. The van der Waals surface area contributed by atoms with Crippen molar-refractivity contribution in [1.82, 2.24) is 32.1 Å². The summed E-state index contributed by atoms with van der Waals surface area (Å²) in [4.78, 5) is 53.5. The van der Waals surface area contributed by atoms with Gasteiger partial charge in [-0.15, -0.1) is 0 Å². The van der Waals surface area contributed by atoms with E-state index in [0.717, 1.165) is 5.56 Å². The van der Waals surface area contributed by atoms with Crippen molar-refractivity contribution in [1.29, 1.82) is 5.41 Å². The molecule has 0 unspecified atom stereocenters. The van der Waals surface area contributed by atoms with Crippen LogP contribution in [0.3, 0.4) is 0 Å². The van der Waals surface area contributed by atoms with Crippen LogP contribution in [-0.2, 0) is 32.1 Å². The van der Waals surface area contributed by atoms with Gasteiger partial charge in [0.1, 0.15) is 24.5 Å². The summed E-state index contributed by atoms with van der Waals surface area (Å²) in [5, 5.41) is 19.5. The fourth-order valence-corrected chi connectivity index (χ4v) is 5.23. The molecule has 0 saturated carbocycles. The van der Waals surface area contributed by atoms with Gasteiger partial charge < -0.3 is 39.3 Å². The molecule has 0 bridgehead atoms. The lowest BCUT2D eigenvalue weighted by molar-refractivity contribution is -0.139. The van der Waals surface area contributed by atoms with Crippen LogP contribution in [-0.4, -0.2) is 73.0 Å². The van der Waals surface area contributed by atoms with Gasteiger partial charge in [-0.05, 0) is 68.0 Å². The monoisotopic (exact) mass is 750 g/mol. The largest absolute Gasteiger partial charge is 0.384 e. The normalized spacial score (nSPS) is 13.2. The van der Waals surface area contributed by atoms with Gasteiger partial charge in [-0.3, -0.25) is 35.2 Å². The van der Waals surface area contributed by atoms with Gasteiger partial charge in [-0.2, -0.15) is 0 Å².